The van der Waals surface area contributed by atoms with Crippen molar-refractivity contribution >= 4 is 74.9 Å². The molecule has 1 aliphatic rings. The Morgan fingerprint density at radius 2 is 1.97 bits per heavy atom. The highest BCUT2D eigenvalue weighted by atomic mass is 35.5. The average Bonchev–Trinajstić information content (AvgIpc) is 2.87. The third kappa shape index (κ3) is 5.51. The highest BCUT2D eigenvalue weighted by Crippen LogP contribution is 2.48. The average molecular weight is 564 g/mol. The van der Waals surface area contributed by atoms with E-state index < -0.39 is 11.3 Å². The number of carbonyl (C=O) groups is 2. The number of amides is 2. The maximum atomic E-state index is 13.5. The molecule has 1 aliphatic heterocycles. The molecule has 0 saturated heterocycles. The molecule has 2 aromatic carbocycles. The number of nitrogens with two attached hydrogens (primary N) is 1. The van der Waals surface area contributed by atoms with Crippen molar-refractivity contribution in [3.63, 3.8) is 0 Å². The van der Waals surface area contributed by atoms with Crippen LogP contribution in [0.1, 0.15) is 5.56 Å². The largest absolute Gasteiger partial charge is 0.495 e. The molecule has 1 aromatic heterocycles. The van der Waals surface area contributed by atoms with Crippen LogP contribution >= 0.6 is 34.8 Å². The summed E-state index contributed by atoms with van der Waals surface area (Å²) in [5, 5.41) is 2.63. The molecule has 0 unspecified atom stereocenters. The second kappa shape index (κ2) is 11.1. The van der Waals surface area contributed by atoms with E-state index >= 15 is 0 Å². The van der Waals surface area contributed by atoms with Crippen LogP contribution in [0.2, 0.25) is 10.0 Å². The zero-order valence-electron chi connectivity index (χ0n) is 19.7. The molecule has 0 bridgehead atoms. The summed E-state index contributed by atoms with van der Waals surface area (Å²) in [7, 11) is 3.00. The summed E-state index contributed by atoms with van der Waals surface area (Å²) in [6.45, 7) is 0.0770. The van der Waals surface area contributed by atoms with Gasteiger partial charge in [-0.3, -0.25) is 14.6 Å². The van der Waals surface area contributed by atoms with E-state index in [-0.39, 0.29) is 46.3 Å². The van der Waals surface area contributed by atoms with Crippen LogP contribution in [0.3, 0.4) is 0 Å². The van der Waals surface area contributed by atoms with Gasteiger partial charge in [-0.05, 0) is 35.9 Å². The number of carbonyl (C=O) groups excluding carboxylic acids is 2. The van der Waals surface area contributed by atoms with E-state index in [1.54, 1.807) is 25.4 Å². The third-order valence-corrected chi connectivity index (χ3v) is 6.25. The van der Waals surface area contributed by atoms with E-state index in [9.17, 15) is 9.59 Å². The monoisotopic (exact) mass is 562 g/mol. The molecule has 0 atom stereocenters. The molecule has 37 heavy (non-hydrogen) atoms. The zero-order chi connectivity index (χ0) is 26.7. The van der Waals surface area contributed by atoms with Gasteiger partial charge in [0.25, 0.3) is 0 Å². The van der Waals surface area contributed by atoms with Gasteiger partial charge in [0.2, 0.25) is 11.2 Å². The lowest BCUT2D eigenvalue weighted by Crippen LogP contribution is -2.46. The molecule has 13 heteroatoms. The van der Waals surface area contributed by atoms with Crippen molar-refractivity contribution < 1.29 is 19.1 Å². The molecular weight excluding hydrogens is 543 g/mol. The Hall–Kier alpha value is -3.73. The topological polar surface area (TPSA) is 123 Å². The summed E-state index contributed by atoms with van der Waals surface area (Å²) >= 11 is 18.5. The second-order valence-corrected chi connectivity index (χ2v) is 8.88. The number of hydrogen-bond donors (Lipinski definition) is 2. The van der Waals surface area contributed by atoms with Crippen LogP contribution in [0.15, 0.2) is 48.7 Å². The number of benzene rings is 2. The van der Waals surface area contributed by atoms with Crippen LogP contribution in [-0.4, -0.2) is 42.0 Å². The van der Waals surface area contributed by atoms with E-state index in [1.807, 2.05) is 12.1 Å². The Morgan fingerprint density at radius 1 is 1.24 bits per heavy atom. The normalized spacial score (nSPS) is 13.1. The standard InChI is InChI=1S/C24H21Cl3N6O4/c1-32-22-13(11-29-23(31-22)30-15-7-4-3-6-14(15)28)12-33(24(32)35)21-19(26)16(36-2)10-17(20(21)27)37-9-5-8-18(25)34/h3-8,10-11H,9,12,28H2,1-2H3,(H,29,30,31)/b8-5+. The van der Waals surface area contributed by atoms with Crippen LogP contribution in [0.25, 0.3) is 0 Å². The third-order valence-electron chi connectivity index (χ3n) is 5.40. The summed E-state index contributed by atoms with van der Waals surface area (Å²) in [4.78, 5) is 36.0. The fourth-order valence-electron chi connectivity index (χ4n) is 3.62. The fraction of sp³-hybridized carbons (Fsp3) is 0.167. The van der Waals surface area contributed by atoms with Gasteiger partial charge in [0.15, 0.2) is 0 Å². The molecule has 4 rings (SSSR count). The number of aromatic nitrogens is 2. The van der Waals surface area contributed by atoms with Crippen molar-refractivity contribution in [1.82, 2.24) is 9.97 Å². The first kappa shape index (κ1) is 26.3. The van der Waals surface area contributed by atoms with Crippen molar-refractivity contribution in [3.8, 4) is 11.5 Å². The van der Waals surface area contributed by atoms with Crippen molar-refractivity contribution in [3.05, 3.63) is 64.3 Å². The number of ether oxygens (including phenoxy) is 2. The lowest BCUT2D eigenvalue weighted by Gasteiger charge is -2.35. The molecule has 2 amide bonds. The van der Waals surface area contributed by atoms with Gasteiger partial charge < -0.3 is 20.5 Å². The summed E-state index contributed by atoms with van der Waals surface area (Å²) in [5.74, 6) is 1.13. The van der Waals surface area contributed by atoms with Crippen LogP contribution in [0.5, 0.6) is 11.5 Å². The quantitative estimate of drug-likeness (QED) is 0.212. The maximum Gasteiger partial charge on any atom is 0.330 e. The summed E-state index contributed by atoms with van der Waals surface area (Å²) in [6.07, 6.45) is 4.18. The fourth-order valence-corrected chi connectivity index (χ4v) is 4.39. The Labute approximate surface area is 227 Å². The molecule has 0 aliphatic carbocycles. The molecule has 192 valence electrons. The Bertz CT molecular complexity index is 1400. The summed E-state index contributed by atoms with van der Waals surface area (Å²) < 4.78 is 11.0. The smallest absolute Gasteiger partial charge is 0.330 e. The Morgan fingerprint density at radius 3 is 2.68 bits per heavy atom. The highest BCUT2D eigenvalue weighted by Gasteiger charge is 2.35. The van der Waals surface area contributed by atoms with Gasteiger partial charge in [0.1, 0.15) is 34.0 Å². The molecule has 0 radical (unpaired) electrons. The lowest BCUT2D eigenvalue weighted by molar-refractivity contribution is -0.107. The molecule has 3 aromatic rings. The number of nitrogen functional groups attached to an aromatic ring is 1. The Kier molecular flexibility index (Phi) is 7.91. The number of nitrogens with one attached hydrogen (secondary N) is 1. The van der Waals surface area contributed by atoms with E-state index in [0.717, 1.165) is 6.08 Å². The van der Waals surface area contributed by atoms with Crippen molar-refractivity contribution in [1.29, 1.82) is 0 Å². The molecule has 10 nitrogen and oxygen atoms in total. The van der Waals surface area contributed by atoms with E-state index in [4.69, 9.17) is 50.0 Å². The molecule has 2 heterocycles. The van der Waals surface area contributed by atoms with Gasteiger partial charge in [0.05, 0.1) is 30.7 Å². The summed E-state index contributed by atoms with van der Waals surface area (Å²) in [6, 6.07) is 8.25. The number of urea groups is 1. The van der Waals surface area contributed by atoms with Crippen molar-refractivity contribution in [2.45, 2.75) is 6.54 Å². The predicted molar refractivity (Wildman–Crippen MR) is 145 cm³/mol. The van der Waals surface area contributed by atoms with Gasteiger partial charge in [0, 0.05) is 24.9 Å². The molecule has 0 fully saturated rings. The first-order valence-electron chi connectivity index (χ1n) is 10.8. The minimum Gasteiger partial charge on any atom is -0.495 e. The number of hydrogen-bond acceptors (Lipinski definition) is 8. The van der Waals surface area contributed by atoms with Crippen molar-refractivity contribution in [2.75, 3.05) is 41.6 Å². The van der Waals surface area contributed by atoms with E-state index in [2.05, 4.69) is 15.3 Å². The van der Waals surface area contributed by atoms with Crippen molar-refractivity contribution in [2.24, 2.45) is 0 Å². The number of halogens is 3. The lowest BCUT2D eigenvalue weighted by atomic mass is 10.2. The number of rotatable bonds is 8. The van der Waals surface area contributed by atoms with Crippen LogP contribution in [0.4, 0.5) is 33.6 Å². The highest BCUT2D eigenvalue weighted by molar-refractivity contribution is 6.66. The SMILES string of the molecule is COc1cc(OC/C=C/C(=O)Cl)c(Cl)c(N2Cc3cnc(Nc4ccccc4N)nc3N(C)C2=O)c1Cl. The van der Waals surface area contributed by atoms with Gasteiger partial charge >= 0.3 is 6.03 Å². The molecule has 0 saturated carbocycles. The number of para-hydroxylation sites is 2. The first-order valence-corrected chi connectivity index (χ1v) is 11.9. The first-order chi connectivity index (χ1) is 17.7. The van der Waals surface area contributed by atoms with E-state index in [1.165, 1.54) is 29.1 Å². The molecule has 0 spiro atoms. The van der Waals surface area contributed by atoms with E-state index in [0.29, 0.717) is 22.8 Å². The van der Waals surface area contributed by atoms with Gasteiger partial charge in [-0.1, -0.05) is 35.3 Å². The minimum atomic E-state index is -0.641. The number of allylic oxidation sites excluding steroid dienone is 1. The Balaban J connectivity index is 1.67. The van der Waals surface area contributed by atoms with Crippen LogP contribution in [0, 0.1) is 0 Å². The van der Waals surface area contributed by atoms with Crippen LogP contribution < -0.4 is 30.3 Å². The van der Waals surface area contributed by atoms with Gasteiger partial charge in [-0.15, -0.1) is 0 Å². The van der Waals surface area contributed by atoms with Gasteiger partial charge in [-0.25, -0.2) is 9.78 Å². The minimum absolute atomic E-state index is 0.00532. The summed E-state index contributed by atoms with van der Waals surface area (Å²) in [5.41, 5.74) is 8.01. The van der Waals surface area contributed by atoms with Gasteiger partial charge in [-0.2, -0.15) is 4.98 Å². The number of anilines is 5. The number of nitrogens with zero attached hydrogens (tertiary/aromatic N) is 4. The zero-order valence-corrected chi connectivity index (χ0v) is 21.9. The van der Waals surface area contributed by atoms with Crippen LogP contribution in [-0.2, 0) is 11.3 Å². The molecule has 3 N–H and O–H groups in total. The number of fused-ring (bicyclic) bond motifs is 1. The predicted octanol–water partition coefficient (Wildman–Crippen LogP) is 5.39. The maximum absolute atomic E-state index is 13.5. The molecular formula is C24H21Cl3N6O4. The number of methoxy groups -OCH3 is 1. The second-order valence-electron chi connectivity index (χ2n) is 7.75.